The normalized spacial score (nSPS) is 10.8. The molecule has 0 aliphatic carbocycles. The summed E-state index contributed by atoms with van der Waals surface area (Å²) < 4.78 is 40.9. The fraction of sp³-hybridized carbons (Fsp3) is 0.211. The number of carbonyl (C=O) groups excluding carboxylic acids is 3. The van der Waals surface area contributed by atoms with Crippen molar-refractivity contribution in [3.8, 4) is 5.75 Å². The summed E-state index contributed by atoms with van der Waals surface area (Å²) in [5, 5.41) is 2.52. The fourth-order valence-corrected chi connectivity index (χ4v) is 3.43. The van der Waals surface area contributed by atoms with Crippen LogP contribution in [0.3, 0.4) is 0 Å². The minimum absolute atomic E-state index is 0.00714. The molecular formula is C19H20N2O8S. The van der Waals surface area contributed by atoms with Gasteiger partial charge in [0, 0.05) is 11.3 Å². The topological polar surface area (TPSA) is 137 Å². The van der Waals surface area contributed by atoms with Crippen molar-refractivity contribution < 1.29 is 37.0 Å². The van der Waals surface area contributed by atoms with E-state index in [0.29, 0.717) is 0 Å². The number of benzene rings is 2. The number of nitrogens with one attached hydrogen (secondary N) is 2. The predicted octanol–water partition coefficient (Wildman–Crippen LogP) is 1.43. The van der Waals surface area contributed by atoms with E-state index in [-0.39, 0.29) is 33.0 Å². The van der Waals surface area contributed by atoms with Gasteiger partial charge in [0.05, 0.1) is 32.5 Å². The number of amides is 1. The molecule has 2 aromatic carbocycles. The van der Waals surface area contributed by atoms with E-state index in [9.17, 15) is 22.8 Å². The number of rotatable bonds is 7. The Balaban J connectivity index is 2.46. The maximum Gasteiger partial charge on any atom is 0.337 e. The molecule has 0 spiro atoms. The molecule has 0 bridgehead atoms. The molecule has 0 aromatic heterocycles. The number of anilines is 1. The first-order chi connectivity index (χ1) is 14.2. The van der Waals surface area contributed by atoms with E-state index in [2.05, 4.69) is 19.5 Å². The van der Waals surface area contributed by atoms with Crippen LogP contribution in [0, 0.1) is 0 Å². The second kappa shape index (κ2) is 9.37. The largest absolute Gasteiger partial charge is 0.495 e. The fourth-order valence-electron chi connectivity index (χ4n) is 2.51. The molecule has 0 fully saturated rings. The maximum absolute atomic E-state index is 12.7. The van der Waals surface area contributed by atoms with Crippen LogP contribution in [0.4, 0.5) is 5.69 Å². The van der Waals surface area contributed by atoms with E-state index >= 15 is 0 Å². The highest BCUT2D eigenvalue weighted by atomic mass is 32.2. The van der Waals surface area contributed by atoms with Crippen molar-refractivity contribution in [2.75, 3.05) is 33.7 Å². The molecule has 160 valence electrons. The van der Waals surface area contributed by atoms with Gasteiger partial charge < -0.3 is 19.5 Å². The number of carbonyl (C=O) groups is 3. The zero-order chi connectivity index (χ0) is 22.5. The number of esters is 2. The number of methoxy groups -OCH3 is 3. The van der Waals surface area contributed by atoms with Crippen LogP contribution >= 0.6 is 0 Å². The van der Waals surface area contributed by atoms with Gasteiger partial charge in [-0.25, -0.2) is 22.7 Å². The first kappa shape index (κ1) is 22.8. The van der Waals surface area contributed by atoms with Gasteiger partial charge in [-0.15, -0.1) is 0 Å². The van der Waals surface area contributed by atoms with E-state index in [0.717, 1.165) is 6.07 Å². The minimum atomic E-state index is -3.89. The van der Waals surface area contributed by atoms with Crippen molar-refractivity contribution in [2.24, 2.45) is 0 Å². The summed E-state index contributed by atoms with van der Waals surface area (Å²) in [6, 6.07) is 7.73. The molecule has 2 aromatic rings. The second-order valence-corrected chi connectivity index (χ2v) is 7.66. The summed E-state index contributed by atoms with van der Waals surface area (Å²) in [7, 11) is 0.989. The molecular weight excluding hydrogens is 416 g/mol. The van der Waals surface area contributed by atoms with Gasteiger partial charge in [-0.2, -0.15) is 0 Å². The van der Waals surface area contributed by atoms with Crippen LogP contribution in [0.2, 0.25) is 0 Å². The highest BCUT2D eigenvalue weighted by Crippen LogP contribution is 2.25. The van der Waals surface area contributed by atoms with Crippen LogP contribution in [-0.4, -0.2) is 54.6 Å². The van der Waals surface area contributed by atoms with Gasteiger partial charge in [-0.3, -0.25) is 4.79 Å². The van der Waals surface area contributed by atoms with Gasteiger partial charge in [-0.1, -0.05) is 0 Å². The lowest BCUT2D eigenvalue weighted by atomic mass is 10.1. The molecule has 0 atom stereocenters. The van der Waals surface area contributed by atoms with Crippen molar-refractivity contribution in [3.05, 3.63) is 53.1 Å². The summed E-state index contributed by atoms with van der Waals surface area (Å²) in [5.74, 6) is -2.06. The van der Waals surface area contributed by atoms with Gasteiger partial charge >= 0.3 is 11.9 Å². The van der Waals surface area contributed by atoms with Gasteiger partial charge in [-0.05, 0) is 43.4 Å². The molecule has 1 amide bonds. The van der Waals surface area contributed by atoms with Crippen LogP contribution in [-0.2, 0) is 19.5 Å². The molecule has 11 heteroatoms. The third kappa shape index (κ3) is 4.93. The molecule has 0 saturated carbocycles. The Morgan fingerprint density at radius 2 is 1.40 bits per heavy atom. The van der Waals surface area contributed by atoms with Crippen LogP contribution in [0.15, 0.2) is 41.3 Å². The molecule has 0 saturated heterocycles. The SMILES string of the molecule is CNS(=O)(=O)c1cc(C(=O)Nc2cc(C(=O)OC)cc(C(=O)OC)c2)ccc1OC. The molecule has 0 aliphatic heterocycles. The number of sulfonamides is 1. The van der Waals surface area contributed by atoms with Crippen molar-refractivity contribution in [2.45, 2.75) is 4.90 Å². The molecule has 10 nitrogen and oxygen atoms in total. The first-order valence-electron chi connectivity index (χ1n) is 8.41. The summed E-state index contributed by atoms with van der Waals surface area (Å²) in [5.41, 5.74) is 0.151. The van der Waals surface area contributed by atoms with Crippen molar-refractivity contribution in [1.29, 1.82) is 0 Å². The van der Waals surface area contributed by atoms with Gasteiger partial charge in [0.2, 0.25) is 10.0 Å². The molecule has 0 aliphatic rings. The lowest BCUT2D eigenvalue weighted by molar-refractivity contribution is 0.0598. The van der Waals surface area contributed by atoms with Gasteiger partial charge in [0.1, 0.15) is 10.6 Å². The lowest BCUT2D eigenvalue weighted by Crippen LogP contribution is -2.20. The molecule has 0 radical (unpaired) electrons. The summed E-state index contributed by atoms with van der Waals surface area (Å²) >= 11 is 0. The van der Waals surface area contributed by atoms with Gasteiger partial charge in [0.15, 0.2) is 0 Å². The number of hydrogen-bond donors (Lipinski definition) is 2. The van der Waals surface area contributed by atoms with E-state index < -0.39 is 27.9 Å². The summed E-state index contributed by atoms with van der Waals surface area (Å²) in [4.78, 5) is 36.2. The third-order valence-electron chi connectivity index (χ3n) is 4.02. The van der Waals surface area contributed by atoms with E-state index in [4.69, 9.17) is 4.74 Å². The zero-order valence-corrected chi connectivity index (χ0v) is 17.5. The van der Waals surface area contributed by atoms with E-state index in [1.807, 2.05) is 0 Å². The predicted molar refractivity (Wildman–Crippen MR) is 106 cm³/mol. The Hall–Kier alpha value is -3.44. The average molecular weight is 436 g/mol. The maximum atomic E-state index is 12.7. The second-order valence-electron chi connectivity index (χ2n) is 5.81. The smallest absolute Gasteiger partial charge is 0.337 e. The lowest BCUT2D eigenvalue weighted by Gasteiger charge is -2.12. The Morgan fingerprint density at radius 3 is 1.87 bits per heavy atom. The third-order valence-corrected chi connectivity index (χ3v) is 5.45. The van der Waals surface area contributed by atoms with E-state index in [1.54, 1.807) is 0 Å². The molecule has 30 heavy (non-hydrogen) atoms. The van der Waals surface area contributed by atoms with Crippen LogP contribution in [0.25, 0.3) is 0 Å². The molecule has 0 unspecified atom stereocenters. The standard InChI is InChI=1S/C19H20N2O8S/c1-20-30(25,26)16-10-11(5-6-15(16)27-2)17(22)21-14-8-12(18(23)28-3)7-13(9-14)19(24)29-4/h5-10,20H,1-4H3,(H,21,22). The van der Waals surface area contributed by atoms with Crippen LogP contribution in [0.5, 0.6) is 5.75 Å². The quantitative estimate of drug-likeness (QED) is 0.622. The van der Waals surface area contributed by atoms with Crippen molar-refractivity contribution in [3.63, 3.8) is 0 Å². The first-order valence-corrected chi connectivity index (χ1v) is 9.89. The van der Waals surface area contributed by atoms with Crippen LogP contribution in [0.1, 0.15) is 31.1 Å². The summed E-state index contributed by atoms with van der Waals surface area (Å²) in [6.07, 6.45) is 0. The Kier molecular flexibility index (Phi) is 7.14. The van der Waals surface area contributed by atoms with Gasteiger partial charge in [0.25, 0.3) is 5.91 Å². The van der Waals surface area contributed by atoms with E-state index in [1.165, 1.54) is 58.7 Å². The Labute approximate surface area is 173 Å². The summed E-state index contributed by atoms with van der Waals surface area (Å²) in [6.45, 7) is 0. The Bertz CT molecular complexity index is 1060. The average Bonchev–Trinajstić information content (AvgIpc) is 2.76. The molecule has 2 N–H and O–H groups in total. The van der Waals surface area contributed by atoms with Crippen molar-refractivity contribution in [1.82, 2.24) is 4.72 Å². The zero-order valence-electron chi connectivity index (χ0n) is 16.6. The van der Waals surface area contributed by atoms with Crippen molar-refractivity contribution >= 4 is 33.6 Å². The highest BCUT2D eigenvalue weighted by molar-refractivity contribution is 7.89. The van der Waals surface area contributed by atoms with Crippen LogP contribution < -0.4 is 14.8 Å². The monoisotopic (exact) mass is 436 g/mol. The highest BCUT2D eigenvalue weighted by Gasteiger charge is 2.21. The number of hydrogen-bond acceptors (Lipinski definition) is 8. The number of ether oxygens (including phenoxy) is 3. The Morgan fingerprint density at radius 1 is 0.833 bits per heavy atom. The minimum Gasteiger partial charge on any atom is -0.495 e. The molecule has 2 rings (SSSR count). The molecule has 0 heterocycles.